The van der Waals surface area contributed by atoms with Crippen LogP contribution in [0.2, 0.25) is 0 Å². The zero-order valence-corrected chi connectivity index (χ0v) is 8.44. The lowest BCUT2D eigenvalue weighted by Gasteiger charge is -2.40. The summed E-state index contributed by atoms with van der Waals surface area (Å²) in [5.74, 6) is 0. The number of anilines is 2. The van der Waals surface area contributed by atoms with Crippen molar-refractivity contribution in [1.29, 1.82) is 0 Å². The Balaban J connectivity index is 1.97. The number of thiophene rings is 1. The van der Waals surface area contributed by atoms with E-state index in [2.05, 4.69) is 21.7 Å². The number of hydrogen-bond donors (Lipinski definition) is 1. The third kappa shape index (κ3) is 1.14. The molecule has 0 aromatic carbocycles. The first-order chi connectivity index (χ1) is 6.45. The molecule has 1 unspecified atom stereocenters. The molecule has 13 heavy (non-hydrogen) atoms. The van der Waals surface area contributed by atoms with Gasteiger partial charge < -0.3 is 10.2 Å². The van der Waals surface area contributed by atoms with Gasteiger partial charge in [0.25, 0.3) is 0 Å². The largest absolute Gasteiger partial charge is 0.381 e. The predicted octanol–water partition coefficient (Wildman–Crippen LogP) is 2.53. The molecule has 1 fully saturated rings. The van der Waals surface area contributed by atoms with Gasteiger partial charge in [0, 0.05) is 19.1 Å². The van der Waals surface area contributed by atoms with Gasteiger partial charge in [-0.3, -0.25) is 0 Å². The van der Waals surface area contributed by atoms with Crippen LogP contribution in [-0.2, 0) is 0 Å². The third-order valence-corrected chi connectivity index (χ3v) is 4.01. The van der Waals surface area contributed by atoms with Crippen LogP contribution in [0.4, 0.5) is 10.7 Å². The number of hydrogen-bond acceptors (Lipinski definition) is 3. The van der Waals surface area contributed by atoms with Gasteiger partial charge in [-0.1, -0.05) is 0 Å². The zero-order valence-electron chi connectivity index (χ0n) is 7.62. The van der Waals surface area contributed by atoms with Crippen LogP contribution < -0.4 is 10.2 Å². The maximum absolute atomic E-state index is 3.51. The maximum atomic E-state index is 3.51. The van der Waals surface area contributed by atoms with E-state index in [0.717, 1.165) is 12.6 Å². The fourth-order valence-corrected chi connectivity index (χ4v) is 3.34. The Morgan fingerprint density at radius 2 is 2.46 bits per heavy atom. The van der Waals surface area contributed by atoms with Gasteiger partial charge in [-0.2, -0.15) is 0 Å². The Hall–Kier alpha value is -0.700. The Bertz CT molecular complexity index is 308. The lowest BCUT2D eigenvalue weighted by Crippen LogP contribution is -2.46. The molecule has 0 amide bonds. The minimum Gasteiger partial charge on any atom is -0.381 e. The van der Waals surface area contributed by atoms with Crippen molar-refractivity contribution in [3.63, 3.8) is 0 Å². The lowest BCUT2D eigenvalue weighted by molar-refractivity contribution is 0.469. The van der Waals surface area contributed by atoms with Crippen molar-refractivity contribution in [3.8, 4) is 0 Å². The topological polar surface area (TPSA) is 15.3 Å². The molecule has 1 saturated heterocycles. The van der Waals surface area contributed by atoms with E-state index in [1.165, 1.54) is 36.5 Å². The number of nitrogens with one attached hydrogen (secondary N) is 1. The summed E-state index contributed by atoms with van der Waals surface area (Å²) in [7, 11) is 0. The number of piperidine rings is 1. The van der Waals surface area contributed by atoms with Gasteiger partial charge in [-0.15, -0.1) is 11.3 Å². The van der Waals surface area contributed by atoms with Crippen molar-refractivity contribution in [2.24, 2.45) is 0 Å². The predicted molar refractivity (Wildman–Crippen MR) is 57.8 cm³/mol. The summed E-state index contributed by atoms with van der Waals surface area (Å²) in [5, 5.41) is 7.17. The first-order valence-electron chi connectivity index (χ1n) is 5.03. The van der Waals surface area contributed by atoms with Crippen LogP contribution >= 0.6 is 11.3 Å². The van der Waals surface area contributed by atoms with Crippen molar-refractivity contribution >= 4 is 22.0 Å². The van der Waals surface area contributed by atoms with E-state index in [1.54, 1.807) is 0 Å². The highest BCUT2D eigenvalue weighted by atomic mass is 32.1. The van der Waals surface area contributed by atoms with Gasteiger partial charge in [0.2, 0.25) is 0 Å². The fourth-order valence-electron chi connectivity index (χ4n) is 2.37. The van der Waals surface area contributed by atoms with Gasteiger partial charge in [0.05, 0.1) is 5.69 Å². The van der Waals surface area contributed by atoms with Crippen LogP contribution in [0, 0.1) is 0 Å². The number of nitrogens with zero attached hydrogens (tertiary/aromatic N) is 1. The molecule has 1 N–H and O–H groups in total. The zero-order chi connectivity index (χ0) is 8.67. The minimum atomic E-state index is 0.764. The molecule has 0 bridgehead atoms. The van der Waals surface area contributed by atoms with Crippen LogP contribution in [0.25, 0.3) is 0 Å². The van der Waals surface area contributed by atoms with E-state index in [1.807, 2.05) is 11.3 Å². The van der Waals surface area contributed by atoms with Crippen molar-refractivity contribution < 1.29 is 0 Å². The Labute approximate surface area is 82.6 Å². The molecule has 1 aromatic rings. The number of rotatable bonds is 0. The summed E-state index contributed by atoms with van der Waals surface area (Å²) in [6, 6.07) is 2.96. The smallest absolute Gasteiger partial charge is 0.115 e. The molecular formula is C10H14N2S. The minimum absolute atomic E-state index is 0.764. The van der Waals surface area contributed by atoms with Gasteiger partial charge >= 0.3 is 0 Å². The molecule has 3 rings (SSSR count). The van der Waals surface area contributed by atoms with Gasteiger partial charge in [-0.25, -0.2) is 0 Å². The van der Waals surface area contributed by atoms with E-state index in [4.69, 9.17) is 0 Å². The summed E-state index contributed by atoms with van der Waals surface area (Å²) in [6.07, 6.45) is 4.14. The molecular weight excluding hydrogens is 180 g/mol. The first kappa shape index (κ1) is 7.68. The Morgan fingerprint density at radius 3 is 3.46 bits per heavy atom. The molecule has 0 saturated carbocycles. The molecule has 0 spiro atoms. The second-order valence-electron chi connectivity index (χ2n) is 3.86. The van der Waals surface area contributed by atoms with Gasteiger partial charge in [0.15, 0.2) is 0 Å². The van der Waals surface area contributed by atoms with Crippen LogP contribution in [-0.4, -0.2) is 19.1 Å². The van der Waals surface area contributed by atoms with E-state index in [0.29, 0.717) is 0 Å². The number of fused-ring (bicyclic) bond motifs is 3. The lowest BCUT2D eigenvalue weighted by atomic mass is 10.0. The van der Waals surface area contributed by atoms with Crippen LogP contribution in [0.3, 0.4) is 0 Å². The standard InChI is InChI=1S/C10H14N2S/c1-2-5-12-8(3-1)7-11-9-4-6-13-10(9)12/h4,6,8,11H,1-3,5,7H2. The van der Waals surface area contributed by atoms with Crippen LogP contribution in [0.15, 0.2) is 11.4 Å². The highest BCUT2D eigenvalue weighted by Gasteiger charge is 2.28. The van der Waals surface area contributed by atoms with Crippen LogP contribution in [0.1, 0.15) is 19.3 Å². The average Bonchev–Trinajstić information content (AvgIpc) is 2.65. The summed E-state index contributed by atoms with van der Waals surface area (Å²) in [4.78, 5) is 2.60. The molecule has 2 aliphatic rings. The second kappa shape index (κ2) is 2.91. The molecule has 1 aromatic heterocycles. The SMILES string of the molecule is c1cc2c(s1)N1CCCCC1CN2. The summed E-state index contributed by atoms with van der Waals surface area (Å²) >= 11 is 1.87. The average molecular weight is 194 g/mol. The molecule has 3 heterocycles. The molecule has 1 atom stereocenters. The Morgan fingerprint density at radius 1 is 1.46 bits per heavy atom. The molecule has 0 aliphatic carbocycles. The van der Waals surface area contributed by atoms with E-state index < -0.39 is 0 Å². The van der Waals surface area contributed by atoms with Gasteiger partial charge in [0.1, 0.15) is 5.00 Å². The quantitative estimate of drug-likeness (QED) is 0.682. The monoisotopic (exact) mass is 194 g/mol. The second-order valence-corrected chi connectivity index (χ2v) is 4.76. The van der Waals surface area contributed by atoms with Crippen molar-refractivity contribution in [2.75, 3.05) is 23.3 Å². The summed E-state index contributed by atoms with van der Waals surface area (Å²) in [6.45, 7) is 2.41. The highest BCUT2D eigenvalue weighted by Crippen LogP contribution is 2.39. The van der Waals surface area contributed by atoms with Gasteiger partial charge in [-0.05, 0) is 30.7 Å². The molecule has 2 nitrogen and oxygen atoms in total. The molecule has 3 heteroatoms. The van der Waals surface area contributed by atoms with Crippen molar-refractivity contribution in [2.45, 2.75) is 25.3 Å². The highest BCUT2D eigenvalue weighted by molar-refractivity contribution is 7.15. The molecule has 2 aliphatic heterocycles. The molecule has 0 radical (unpaired) electrons. The molecule has 70 valence electrons. The first-order valence-corrected chi connectivity index (χ1v) is 5.91. The fraction of sp³-hybridized carbons (Fsp3) is 0.600. The maximum Gasteiger partial charge on any atom is 0.115 e. The van der Waals surface area contributed by atoms with Crippen molar-refractivity contribution in [3.05, 3.63) is 11.4 Å². The summed E-state index contributed by atoms with van der Waals surface area (Å²) < 4.78 is 0. The van der Waals surface area contributed by atoms with E-state index in [-0.39, 0.29) is 0 Å². The summed E-state index contributed by atoms with van der Waals surface area (Å²) in [5.41, 5.74) is 1.35. The van der Waals surface area contributed by atoms with Crippen LogP contribution in [0.5, 0.6) is 0 Å². The third-order valence-electron chi connectivity index (χ3n) is 3.06. The Kier molecular flexibility index (Phi) is 1.72. The van der Waals surface area contributed by atoms with Crippen molar-refractivity contribution in [1.82, 2.24) is 0 Å². The van der Waals surface area contributed by atoms with E-state index >= 15 is 0 Å². The normalized spacial score (nSPS) is 26.2. The van der Waals surface area contributed by atoms with E-state index in [9.17, 15) is 0 Å².